The predicted octanol–water partition coefficient (Wildman–Crippen LogP) is 3.56. The van der Waals surface area contributed by atoms with Crippen molar-refractivity contribution in [2.45, 2.75) is 6.42 Å². The number of hydrogen-bond acceptors (Lipinski definition) is 3. The second-order valence-corrected chi connectivity index (χ2v) is 4.68. The van der Waals surface area contributed by atoms with Crippen molar-refractivity contribution in [2.24, 2.45) is 0 Å². The van der Waals surface area contributed by atoms with E-state index in [0.717, 1.165) is 24.4 Å². The van der Waals surface area contributed by atoms with Gasteiger partial charge in [0.2, 0.25) is 0 Å². The van der Waals surface area contributed by atoms with Gasteiger partial charge in [-0.05, 0) is 36.8 Å². The Bertz CT molecular complexity index is 642. The highest BCUT2D eigenvalue weighted by atomic mass is 19.1. The second-order valence-electron chi connectivity index (χ2n) is 4.68. The molecule has 3 nitrogen and oxygen atoms in total. The van der Waals surface area contributed by atoms with Gasteiger partial charge < -0.3 is 9.64 Å². The van der Waals surface area contributed by atoms with Gasteiger partial charge in [-0.25, -0.2) is 4.39 Å². The molecule has 0 bridgehead atoms. The lowest BCUT2D eigenvalue weighted by Gasteiger charge is -2.24. The third-order valence-electron chi connectivity index (χ3n) is 3.29. The summed E-state index contributed by atoms with van der Waals surface area (Å²) in [5.74, 6) is 0.370. The molecule has 0 amide bonds. The van der Waals surface area contributed by atoms with Gasteiger partial charge in [-0.3, -0.25) is 4.79 Å². The molecule has 0 unspecified atom stereocenters. The van der Waals surface area contributed by atoms with Crippen LogP contribution in [0, 0.1) is 5.82 Å². The standard InChI is InChI=1S/C16H14FNO2/c17-13-8-12(11-19)9-14(10-13)18-6-3-7-20-16-5-2-1-4-15(16)18/h1-2,4-5,8-11H,3,6-7H2. The molecule has 0 aromatic heterocycles. The number of rotatable bonds is 2. The van der Waals surface area contributed by atoms with Crippen LogP contribution < -0.4 is 9.64 Å². The van der Waals surface area contributed by atoms with Gasteiger partial charge in [-0.1, -0.05) is 12.1 Å². The zero-order valence-electron chi connectivity index (χ0n) is 10.9. The topological polar surface area (TPSA) is 29.5 Å². The Morgan fingerprint density at radius 3 is 2.90 bits per heavy atom. The minimum absolute atomic E-state index is 0.336. The summed E-state index contributed by atoms with van der Waals surface area (Å²) < 4.78 is 19.3. The van der Waals surface area contributed by atoms with E-state index in [2.05, 4.69) is 0 Å². The number of halogens is 1. The summed E-state index contributed by atoms with van der Waals surface area (Å²) in [6.07, 6.45) is 1.49. The molecule has 0 radical (unpaired) electrons. The smallest absolute Gasteiger partial charge is 0.150 e. The molecule has 20 heavy (non-hydrogen) atoms. The normalized spacial score (nSPS) is 14.2. The van der Waals surface area contributed by atoms with Crippen molar-refractivity contribution in [2.75, 3.05) is 18.1 Å². The molecular formula is C16H14FNO2. The van der Waals surface area contributed by atoms with Gasteiger partial charge in [0, 0.05) is 17.8 Å². The van der Waals surface area contributed by atoms with Crippen LogP contribution in [0.25, 0.3) is 0 Å². The van der Waals surface area contributed by atoms with Gasteiger partial charge in [0.05, 0.1) is 12.3 Å². The maximum Gasteiger partial charge on any atom is 0.150 e. The lowest BCUT2D eigenvalue weighted by Crippen LogP contribution is -2.18. The monoisotopic (exact) mass is 271 g/mol. The molecule has 3 rings (SSSR count). The Balaban J connectivity index is 2.09. The largest absolute Gasteiger partial charge is 0.491 e. The van der Waals surface area contributed by atoms with Crippen LogP contribution in [-0.2, 0) is 0 Å². The number of nitrogens with zero attached hydrogens (tertiary/aromatic N) is 1. The van der Waals surface area contributed by atoms with Crippen molar-refractivity contribution in [1.29, 1.82) is 0 Å². The number of para-hydroxylation sites is 2. The number of hydrogen-bond donors (Lipinski definition) is 0. The van der Waals surface area contributed by atoms with Crippen LogP contribution in [0.15, 0.2) is 42.5 Å². The Labute approximate surface area is 116 Å². The fraction of sp³-hybridized carbons (Fsp3) is 0.188. The summed E-state index contributed by atoms with van der Waals surface area (Å²) in [5.41, 5.74) is 1.90. The predicted molar refractivity (Wildman–Crippen MR) is 75.3 cm³/mol. The van der Waals surface area contributed by atoms with Crippen LogP contribution in [0.3, 0.4) is 0 Å². The van der Waals surface area contributed by atoms with Gasteiger partial charge in [-0.15, -0.1) is 0 Å². The average Bonchev–Trinajstić information content (AvgIpc) is 2.69. The van der Waals surface area contributed by atoms with Gasteiger partial charge >= 0.3 is 0 Å². The minimum Gasteiger partial charge on any atom is -0.491 e. The van der Waals surface area contributed by atoms with Crippen molar-refractivity contribution < 1.29 is 13.9 Å². The Morgan fingerprint density at radius 1 is 1.20 bits per heavy atom. The highest BCUT2D eigenvalue weighted by Crippen LogP contribution is 2.36. The maximum atomic E-state index is 13.6. The Hall–Kier alpha value is -2.36. The van der Waals surface area contributed by atoms with Crippen LogP contribution in [0.2, 0.25) is 0 Å². The van der Waals surface area contributed by atoms with E-state index < -0.39 is 5.82 Å². The molecule has 102 valence electrons. The highest BCUT2D eigenvalue weighted by Gasteiger charge is 2.18. The SMILES string of the molecule is O=Cc1cc(F)cc(N2CCCOc3ccccc32)c1. The Morgan fingerprint density at radius 2 is 2.05 bits per heavy atom. The van der Waals surface area contributed by atoms with Crippen molar-refractivity contribution in [1.82, 2.24) is 0 Å². The van der Waals surface area contributed by atoms with Crippen LogP contribution in [0.4, 0.5) is 15.8 Å². The molecule has 0 spiro atoms. The van der Waals surface area contributed by atoms with Crippen molar-refractivity contribution >= 4 is 17.7 Å². The molecule has 0 fully saturated rings. The van der Waals surface area contributed by atoms with Crippen molar-refractivity contribution in [3.63, 3.8) is 0 Å². The number of benzene rings is 2. The van der Waals surface area contributed by atoms with E-state index in [1.165, 1.54) is 12.1 Å². The van der Waals surface area contributed by atoms with E-state index in [9.17, 15) is 9.18 Å². The van der Waals surface area contributed by atoms with Crippen LogP contribution >= 0.6 is 0 Å². The van der Waals surface area contributed by atoms with Gasteiger partial charge in [0.1, 0.15) is 17.9 Å². The summed E-state index contributed by atoms with van der Waals surface area (Å²) in [5, 5.41) is 0. The summed E-state index contributed by atoms with van der Waals surface area (Å²) >= 11 is 0. The molecule has 2 aromatic rings. The number of anilines is 2. The molecule has 0 saturated carbocycles. The molecule has 2 aromatic carbocycles. The first-order valence-corrected chi connectivity index (χ1v) is 6.53. The van der Waals surface area contributed by atoms with Crippen molar-refractivity contribution in [3.05, 3.63) is 53.8 Å². The fourth-order valence-corrected chi connectivity index (χ4v) is 2.42. The van der Waals surface area contributed by atoms with E-state index in [4.69, 9.17) is 4.74 Å². The lowest BCUT2D eigenvalue weighted by molar-refractivity contribution is 0.112. The molecule has 1 aliphatic heterocycles. The van der Waals surface area contributed by atoms with Gasteiger partial charge in [-0.2, -0.15) is 0 Å². The van der Waals surface area contributed by atoms with Gasteiger partial charge in [0.15, 0.2) is 0 Å². The minimum atomic E-state index is -0.410. The zero-order valence-corrected chi connectivity index (χ0v) is 10.9. The summed E-state index contributed by atoms with van der Waals surface area (Å²) in [6, 6.07) is 12.0. The molecule has 0 N–H and O–H groups in total. The summed E-state index contributed by atoms with van der Waals surface area (Å²) in [7, 11) is 0. The molecule has 1 aliphatic rings. The van der Waals surface area contributed by atoms with E-state index in [1.807, 2.05) is 29.2 Å². The lowest BCUT2D eigenvalue weighted by atomic mass is 10.1. The molecular weight excluding hydrogens is 257 g/mol. The molecule has 0 aliphatic carbocycles. The first-order valence-electron chi connectivity index (χ1n) is 6.53. The van der Waals surface area contributed by atoms with Crippen molar-refractivity contribution in [3.8, 4) is 5.75 Å². The maximum absolute atomic E-state index is 13.6. The number of ether oxygens (including phenoxy) is 1. The summed E-state index contributed by atoms with van der Waals surface area (Å²) in [4.78, 5) is 12.9. The molecule has 0 saturated heterocycles. The fourth-order valence-electron chi connectivity index (χ4n) is 2.42. The Kier molecular flexibility index (Phi) is 3.37. The highest BCUT2D eigenvalue weighted by molar-refractivity contribution is 5.79. The van der Waals surface area contributed by atoms with Crippen LogP contribution in [0.1, 0.15) is 16.8 Å². The third kappa shape index (κ3) is 2.37. The van der Waals surface area contributed by atoms with E-state index in [0.29, 0.717) is 24.1 Å². The second kappa shape index (κ2) is 5.33. The quantitative estimate of drug-likeness (QED) is 0.782. The number of aldehydes is 1. The molecule has 1 heterocycles. The van der Waals surface area contributed by atoms with E-state index >= 15 is 0 Å². The van der Waals surface area contributed by atoms with Crippen LogP contribution in [-0.4, -0.2) is 19.4 Å². The number of carbonyl (C=O) groups excluding carboxylic acids is 1. The first kappa shape index (κ1) is 12.7. The zero-order chi connectivity index (χ0) is 13.9. The van der Waals surface area contributed by atoms with E-state index in [-0.39, 0.29) is 0 Å². The first-order chi connectivity index (χ1) is 9.78. The summed E-state index contributed by atoms with van der Waals surface area (Å²) in [6.45, 7) is 1.35. The van der Waals surface area contributed by atoms with E-state index in [1.54, 1.807) is 6.07 Å². The van der Waals surface area contributed by atoms with Gasteiger partial charge in [0.25, 0.3) is 0 Å². The average molecular weight is 271 g/mol. The third-order valence-corrected chi connectivity index (χ3v) is 3.29. The van der Waals surface area contributed by atoms with Crippen LogP contribution in [0.5, 0.6) is 5.75 Å². The number of fused-ring (bicyclic) bond motifs is 1. The number of carbonyl (C=O) groups is 1. The molecule has 4 heteroatoms. The molecule has 0 atom stereocenters.